The Morgan fingerprint density at radius 2 is 2.04 bits per heavy atom. The fourth-order valence-electron chi connectivity index (χ4n) is 2.55. The Morgan fingerprint density at radius 3 is 2.62 bits per heavy atom. The second-order valence-corrected chi connectivity index (χ2v) is 5.15. The van der Waals surface area contributed by atoms with Crippen LogP contribution >= 0.6 is 0 Å². The Morgan fingerprint density at radius 1 is 1.38 bits per heavy atom. The van der Waals surface area contributed by atoms with Crippen LogP contribution < -0.4 is 4.90 Å². The maximum atomic E-state index is 13.0. The number of amides is 1. The Kier molecular flexibility index (Phi) is 4.93. The van der Waals surface area contributed by atoms with Gasteiger partial charge in [0.2, 0.25) is 0 Å². The number of para-hydroxylation sites is 1. The number of carbonyl (C=O) groups excluding carboxylic acids is 2. The van der Waals surface area contributed by atoms with Gasteiger partial charge < -0.3 is 4.74 Å². The van der Waals surface area contributed by atoms with Crippen LogP contribution in [0.3, 0.4) is 0 Å². The third-order valence-electron chi connectivity index (χ3n) is 3.58. The van der Waals surface area contributed by atoms with Crippen molar-refractivity contribution in [2.75, 3.05) is 12.0 Å². The number of anilines is 1. The Balaban J connectivity index is 2.59. The number of hydrogen-bond donors (Lipinski definition) is 0. The number of alkyl halides is 3. The van der Waals surface area contributed by atoms with Gasteiger partial charge in [-0.05, 0) is 17.7 Å². The van der Waals surface area contributed by atoms with Crippen LogP contribution in [-0.2, 0) is 14.3 Å². The Bertz CT molecular complexity index is 735. The Hall–Kier alpha value is -2.82. The molecule has 5 nitrogen and oxygen atoms in total. The molecule has 0 saturated carbocycles. The molecule has 1 atom stereocenters. The first-order valence-corrected chi connectivity index (χ1v) is 6.94. The minimum absolute atomic E-state index is 0.000946. The number of nitriles is 1. The van der Waals surface area contributed by atoms with Crippen molar-refractivity contribution in [2.45, 2.75) is 25.1 Å². The van der Waals surface area contributed by atoms with E-state index in [-0.39, 0.29) is 17.7 Å². The average molecular weight is 338 g/mol. The summed E-state index contributed by atoms with van der Waals surface area (Å²) >= 11 is 0. The molecule has 0 aromatic heterocycles. The molecule has 1 aromatic carbocycles. The summed E-state index contributed by atoms with van der Waals surface area (Å²) in [6.45, 7) is 0. The van der Waals surface area contributed by atoms with Crippen molar-refractivity contribution in [3.05, 3.63) is 35.4 Å². The molecule has 1 aliphatic rings. The van der Waals surface area contributed by atoms with Gasteiger partial charge in [-0.25, -0.2) is 0 Å². The number of benzene rings is 1. The summed E-state index contributed by atoms with van der Waals surface area (Å²) in [5.74, 6) is -2.85. The molecule has 1 aromatic rings. The number of halogens is 3. The Labute approximate surface area is 135 Å². The zero-order valence-corrected chi connectivity index (χ0v) is 12.6. The average Bonchev–Trinajstić information content (AvgIpc) is 2.69. The van der Waals surface area contributed by atoms with E-state index in [1.807, 2.05) is 6.07 Å². The molecule has 0 fully saturated rings. The molecule has 1 heterocycles. The second kappa shape index (κ2) is 6.74. The van der Waals surface area contributed by atoms with E-state index in [1.54, 1.807) is 6.07 Å². The van der Waals surface area contributed by atoms with Gasteiger partial charge in [-0.1, -0.05) is 18.2 Å². The molecule has 0 N–H and O–H groups in total. The zero-order valence-electron chi connectivity index (χ0n) is 12.6. The van der Waals surface area contributed by atoms with Gasteiger partial charge in [0.05, 0.1) is 31.3 Å². The molecular formula is C16H13F3N2O3. The number of esters is 1. The fraction of sp³-hybridized carbons (Fsp3) is 0.312. The van der Waals surface area contributed by atoms with E-state index in [9.17, 15) is 28.0 Å². The molecule has 1 unspecified atom stereocenters. The number of methoxy groups -OCH3 is 1. The third-order valence-corrected chi connectivity index (χ3v) is 3.58. The number of hydrogen-bond acceptors (Lipinski definition) is 4. The van der Waals surface area contributed by atoms with Crippen LogP contribution in [0.15, 0.2) is 29.8 Å². The third kappa shape index (κ3) is 3.56. The summed E-state index contributed by atoms with van der Waals surface area (Å²) in [5, 5.41) is 9.18. The normalized spacial score (nSPS) is 17.2. The molecule has 126 valence electrons. The number of ether oxygens (including phenoxy) is 1. The van der Waals surface area contributed by atoms with Crippen molar-refractivity contribution >= 4 is 23.6 Å². The maximum Gasteiger partial charge on any atom is 0.471 e. The van der Waals surface area contributed by atoms with Crippen molar-refractivity contribution < 1.29 is 27.5 Å². The van der Waals surface area contributed by atoms with Crippen molar-refractivity contribution in [3.8, 4) is 6.07 Å². The quantitative estimate of drug-likeness (QED) is 0.778. The van der Waals surface area contributed by atoms with Gasteiger partial charge >= 0.3 is 18.1 Å². The first-order valence-electron chi connectivity index (χ1n) is 6.94. The lowest BCUT2D eigenvalue weighted by molar-refractivity contribution is -0.171. The molecule has 0 radical (unpaired) electrons. The summed E-state index contributed by atoms with van der Waals surface area (Å²) in [5.41, 5.74) is 0.479. The number of fused-ring (bicyclic) bond motifs is 1. The van der Waals surface area contributed by atoms with E-state index in [4.69, 9.17) is 0 Å². The highest BCUT2D eigenvalue weighted by Crippen LogP contribution is 2.35. The van der Waals surface area contributed by atoms with Crippen molar-refractivity contribution in [1.82, 2.24) is 0 Å². The number of nitrogens with zero attached hydrogens (tertiary/aromatic N) is 2. The zero-order chi connectivity index (χ0) is 17.9. The summed E-state index contributed by atoms with van der Waals surface area (Å²) in [6.07, 6.45) is -4.32. The van der Waals surface area contributed by atoms with Crippen LogP contribution in [0.25, 0.3) is 6.08 Å². The van der Waals surface area contributed by atoms with Gasteiger partial charge in [-0.2, -0.15) is 18.4 Å². The molecule has 1 amide bonds. The maximum absolute atomic E-state index is 13.0. The van der Waals surface area contributed by atoms with Crippen LogP contribution in [0, 0.1) is 11.3 Å². The van der Waals surface area contributed by atoms with Crippen molar-refractivity contribution in [3.63, 3.8) is 0 Å². The topological polar surface area (TPSA) is 70.4 Å². The fourth-order valence-corrected chi connectivity index (χ4v) is 2.55. The molecule has 0 bridgehead atoms. The first-order chi connectivity index (χ1) is 11.3. The lowest BCUT2D eigenvalue weighted by Gasteiger charge is -2.31. The van der Waals surface area contributed by atoms with E-state index in [0.29, 0.717) is 10.5 Å². The van der Waals surface area contributed by atoms with Crippen molar-refractivity contribution in [2.24, 2.45) is 0 Å². The van der Waals surface area contributed by atoms with E-state index in [1.165, 1.54) is 24.3 Å². The second-order valence-electron chi connectivity index (χ2n) is 5.15. The molecule has 24 heavy (non-hydrogen) atoms. The predicted molar refractivity (Wildman–Crippen MR) is 78.6 cm³/mol. The van der Waals surface area contributed by atoms with Gasteiger partial charge in [-0.3, -0.25) is 14.5 Å². The molecule has 2 rings (SSSR count). The lowest BCUT2D eigenvalue weighted by Crippen LogP contribution is -2.48. The van der Waals surface area contributed by atoms with Gasteiger partial charge in [0.15, 0.2) is 0 Å². The molecule has 1 aliphatic heterocycles. The highest BCUT2D eigenvalue weighted by atomic mass is 19.4. The highest BCUT2D eigenvalue weighted by Gasteiger charge is 2.46. The summed E-state index contributed by atoms with van der Waals surface area (Å²) in [7, 11) is 1.10. The van der Waals surface area contributed by atoms with Crippen LogP contribution in [0.1, 0.15) is 18.4 Å². The molecule has 0 saturated heterocycles. The van der Waals surface area contributed by atoms with Gasteiger partial charge in [0, 0.05) is 12.0 Å². The smallest absolute Gasteiger partial charge is 0.469 e. The van der Waals surface area contributed by atoms with Gasteiger partial charge in [0.25, 0.3) is 0 Å². The van der Waals surface area contributed by atoms with E-state index in [2.05, 4.69) is 4.74 Å². The van der Waals surface area contributed by atoms with E-state index >= 15 is 0 Å². The van der Waals surface area contributed by atoms with Crippen molar-refractivity contribution in [1.29, 1.82) is 5.26 Å². The van der Waals surface area contributed by atoms with Crippen LogP contribution in [-0.4, -0.2) is 31.2 Å². The minimum Gasteiger partial charge on any atom is -0.469 e. The first kappa shape index (κ1) is 17.5. The standard InChI is InChI=1S/C16H13F3N2O3/c1-24-14(22)8-12-7-10(9-20)6-11-4-2-3-5-13(11)21(12)15(23)16(17,18)19/h2-6,12H,7-8H2,1H3. The van der Waals surface area contributed by atoms with Crippen LogP contribution in [0.4, 0.5) is 18.9 Å². The number of carbonyl (C=O) groups is 2. The van der Waals surface area contributed by atoms with Crippen LogP contribution in [0.2, 0.25) is 0 Å². The summed E-state index contributed by atoms with van der Waals surface area (Å²) in [6, 6.07) is 6.65. The highest BCUT2D eigenvalue weighted by molar-refractivity contribution is 6.00. The molecular weight excluding hydrogens is 325 g/mol. The van der Waals surface area contributed by atoms with E-state index < -0.39 is 30.5 Å². The minimum atomic E-state index is -5.11. The predicted octanol–water partition coefficient (Wildman–Crippen LogP) is 2.82. The molecule has 0 aliphatic carbocycles. The van der Waals surface area contributed by atoms with Crippen LogP contribution in [0.5, 0.6) is 0 Å². The summed E-state index contributed by atoms with van der Waals surface area (Å²) < 4.78 is 43.6. The van der Waals surface area contributed by atoms with Gasteiger partial charge in [0.1, 0.15) is 0 Å². The van der Waals surface area contributed by atoms with Gasteiger partial charge in [-0.15, -0.1) is 0 Å². The lowest BCUT2D eigenvalue weighted by atomic mass is 10.0. The number of rotatable bonds is 2. The SMILES string of the molecule is COC(=O)CC1CC(C#N)=Cc2ccccc2N1C(=O)C(F)(F)F. The summed E-state index contributed by atoms with van der Waals surface area (Å²) in [4.78, 5) is 24.1. The molecule has 8 heteroatoms. The molecule has 0 spiro atoms. The monoisotopic (exact) mass is 338 g/mol. The largest absolute Gasteiger partial charge is 0.471 e. The van der Waals surface area contributed by atoms with E-state index in [0.717, 1.165) is 7.11 Å².